The highest BCUT2D eigenvalue weighted by Crippen LogP contribution is 2.47. The number of benzene rings is 1. The van der Waals surface area contributed by atoms with Crippen LogP contribution in [0.15, 0.2) is 24.3 Å². The van der Waals surface area contributed by atoms with E-state index in [1.54, 1.807) is 26.0 Å². The van der Waals surface area contributed by atoms with Crippen molar-refractivity contribution in [2.24, 2.45) is 0 Å². The number of nitrogens with zero attached hydrogens (tertiary/aromatic N) is 1. The van der Waals surface area contributed by atoms with Crippen molar-refractivity contribution in [3.63, 3.8) is 0 Å². The summed E-state index contributed by atoms with van der Waals surface area (Å²) in [6.45, 7) is 2.83. The molecule has 2 heterocycles. The largest absolute Gasteiger partial charge is 0.516 e. The van der Waals surface area contributed by atoms with E-state index in [2.05, 4.69) is 0 Å². The Hall–Kier alpha value is -1.32. The molecular weight excluding hydrogens is 323 g/mol. The molecule has 1 fully saturated rings. The molecule has 0 aliphatic carbocycles. The van der Waals surface area contributed by atoms with Gasteiger partial charge in [-0.05, 0) is 19.9 Å². The van der Waals surface area contributed by atoms with Gasteiger partial charge in [0, 0.05) is 5.56 Å². The van der Waals surface area contributed by atoms with E-state index in [9.17, 15) is 21.6 Å². The van der Waals surface area contributed by atoms with E-state index in [0.717, 1.165) is 0 Å². The van der Waals surface area contributed by atoms with Crippen LogP contribution in [0.1, 0.15) is 25.5 Å². The first-order valence-corrected chi connectivity index (χ1v) is 8.00. The molecule has 1 saturated heterocycles. The van der Waals surface area contributed by atoms with Crippen molar-refractivity contribution >= 4 is 15.7 Å². The lowest BCUT2D eigenvalue weighted by Crippen LogP contribution is -2.48. The molecule has 1 aromatic carbocycles. The highest BCUT2D eigenvalue weighted by molar-refractivity contribution is 7.93. The van der Waals surface area contributed by atoms with Crippen LogP contribution in [0.3, 0.4) is 0 Å². The third kappa shape index (κ3) is 2.27. The second kappa shape index (κ2) is 4.59. The summed E-state index contributed by atoms with van der Waals surface area (Å²) in [5, 5.41) is 0. The van der Waals surface area contributed by atoms with E-state index >= 15 is 0 Å². The number of halogens is 3. The minimum atomic E-state index is -5.49. The number of hydrogen-bond acceptors (Lipinski definition) is 4. The second-order valence-electron chi connectivity index (χ2n) is 5.64. The van der Waals surface area contributed by atoms with Gasteiger partial charge in [0.2, 0.25) is 0 Å². The minimum absolute atomic E-state index is 0.0256. The summed E-state index contributed by atoms with van der Waals surface area (Å²) in [5.41, 5.74) is -5.03. The standard InChI is InChI=1S/C13H14F3NO4S/c1-12(2)20-10-7-17(22(18,19)13(14,15)16)9-6-4-3-5-8(9)11(10)21-12/h3-6,10-11H,7H2,1-2H3/t10-,11-/m0/s1. The SMILES string of the molecule is CC1(C)O[C@H]2CN(S(=O)(=O)C(F)(F)F)c3ccccc3[C@@H]2O1. The Morgan fingerprint density at radius 1 is 1.23 bits per heavy atom. The summed E-state index contributed by atoms with van der Waals surface area (Å²) in [5.74, 6) is -0.986. The summed E-state index contributed by atoms with van der Waals surface area (Å²) in [6, 6.07) is 5.99. The zero-order valence-corrected chi connectivity index (χ0v) is 12.6. The number of ether oxygens (including phenoxy) is 2. The molecular formula is C13H14F3NO4S. The van der Waals surface area contributed by atoms with Crippen LogP contribution in [0.4, 0.5) is 18.9 Å². The molecule has 2 aliphatic rings. The lowest BCUT2D eigenvalue weighted by Gasteiger charge is -2.35. The van der Waals surface area contributed by atoms with Gasteiger partial charge in [-0.15, -0.1) is 0 Å². The zero-order valence-electron chi connectivity index (χ0n) is 11.8. The van der Waals surface area contributed by atoms with Gasteiger partial charge in [-0.25, -0.2) is 0 Å². The summed E-state index contributed by atoms with van der Waals surface area (Å²) in [6.07, 6.45) is -1.38. The average Bonchev–Trinajstić information content (AvgIpc) is 2.71. The first-order valence-electron chi connectivity index (χ1n) is 6.56. The molecule has 5 nitrogen and oxygen atoms in total. The molecule has 1 aromatic rings. The molecule has 0 radical (unpaired) electrons. The van der Waals surface area contributed by atoms with E-state index in [0.29, 0.717) is 9.87 Å². The number of alkyl halides is 3. The zero-order chi connectivity index (χ0) is 16.3. The maximum Gasteiger partial charge on any atom is 0.516 e. The van der Waals surface area contributed by atoms with Crippen molar-refractivity contribution in [2.75, 3.05) is 10.8 Å². The number of fused-ring (bicyclic) bond motifs is 3. The predicted molar refractivity (Wildman–Crippen MR) is 71.5 cm³/mol. The second-order valence-corrected chi connectivity index (χ2v) is 7.49. The van der Waals surface area contributed by atoms with Crippen LogP contribution in [-0.4, -0.2) is 32.4 Å². The Balaban J connectivity index is 2.11. The van der Waals surface area contributed by atoms with Gasteiger partial charge in [0.15, 0.2) is 5.79 Å². The van der Waals surface area contributed by atoms with E-state index in [1.165, 1.54) is 12.1 Å². The fourth-order valence-corrected chi connectivity index (χ4v) is 3.82. The van der Waals surface area contributed by atoms with Crippen LogP contribution in [0.5, 0.6) is 0 Å². The molecule has 3 rings (SSSR count). The third-order valence-electron chi connectivity index (χ3n) is 3.62. The van der Waals surface area contributed by atoms with Crippen molar-refractivity contribution in [1.29, 1.82) is 0 Å². The topological polar surface area (TPSA) is 55.8 Å². The highest BCUT2D eigenvalue weighted by atomic mass is 32.2. The molecule has 0 N–H and O–H groups in total. The fraction of sp³-hybridized carbons (Fsp3) is 0.538. The lowest BCUT2D eigenvalue weighted by molar-refractivity contribution is -0.145. The van der Waals surface area contributed by atoms with Crippen LogP contribution in [-0.2, 0) is 19.5 Å². The van der Waals surface area contributed by atoms with Gasteiger partial charge in [0.05, 0.1) is 12.2 Å². The first kappa shape index (κ1) is 15.6. The lowest BCUT2D eigenvalue weighted by atomic mass is 9.98. The Kier molecular flexibility index (Phi) is 3.25. The molecule has 0 bridgehead atoms. The van der Waals surface area contributed by atoms with Gasteiger partial charge in [-0.2, -0.15) is 21.6 Å². The monoisotopic (exact) mass is 337 g/mol. The number of sulfonamides is 1. The van der Waals surface area contributed by atoms with Crippen LogP contribution in [0.25, 0.3) is 0 Å². The molecule has 0 saturated carbocycles. The summed E-state index contributed by atoms with van der Waals surface area (Å²) in [7, 11) is -5.49. The van der Waals surface area contributed by atoms with Gasteiger partial charge in [-0.1, -0.05) is 18.2 Å². The molecule has 0 amide bonds. The Morgan fingerprint density at radius 3 is 2.50 bits per heavy atom. The highest BCUT2D eigenvalue weighted by Gasteiger charge is 2.55. The van der Waals surface area contributed by atoms with Crippen molar-refractivity contribution < 1.29 is 31.1 Å². The van der Waals surface area contributed by atoms with Crippen molar-refractivity contribution in [3.05, 3.63) is 29.8 Å². The molecule has 2 aliphatic heterocycles. The van der Waals surface area contributed by atoms with Gasteiger partial charge in [0.25, 0.3) is 0 Å². The summed E-state index contributed by atoms with van der Waals surface area (Å²) >= 11 is 0. The maximum atomic E-state index is 12.9. The molecule has 122 valence electrons. The smallest absolute Gasteiger partial charge is 0.342 e. The number of hydrogen-bond donors (Lipinski definition) is 0. The van der Waals surface area contributed by atoms with E-state index in [4.69, 9.17) is 9.47 Å². The van der Waals surface area contributed by atoms with Crippen molar-refractivity contribution in [3.8, 4) is 0 Å². The van der Waals surface area contributed by atoms with E-state index < -0.39 is 40.1 Å². The molecule has 0 unspecified atom stereocenters. The van der Waals surface area contributed by atoms with Crippen LogP contribution >= 0.6 is 0 Å². The van der Waals surface area contributed by atoms with E-state index in [1.807, 2.05) is 0 Å². The van der Waals surface area contributed by atoms with Crippen molar-refractivity contribution in [2.45, 2.75) is 37.4 Å². The molecule has 9 heteroatoms. The Bertz CT molecular complexity index is 701. The first-order chi connectivity index (χ1) is 10.0. The number of anilines is 1. The van der Waals surface area contributed by atoms with Gasteiger partial charge in [0.1, 0.15) is 12.2 Å². The van der Waals surface area contributed by atoms with Gasteiger partial charge >= 0.3 is 15.5 Å². The molecule has 2 atom stereocenters. The predicted octanol–water partition coefficient (Wildman–Crippen LogP) is 2.55. The number of rotatable bonds is 1. The third-order valence-corrected chi connectivity index (χ3v) is 5.14. The van der Waals surface area contributed by atoms with Crippen LogP contribution in [0, 0.1) is 0 Å². The van der Waals surface area contributed by atoms with Crippen LogP contribution in [0.2, 0.25) is 0 Å². The van der Waals surface area contributed by atoms with Gasteiger partial charge < -0.3 is 9.47 Å². The molecule has 22 heavy (non-hydrogen) atoms. The molecule has 0 aromatic heterocycles. The summed E-state index contributed by atoms with van der Waals surface area (Å²) < 4.78 is 74.0. The summed E-state index contributed by atoms with van der Waals surface area (Å²) in [4.78, 5) is 0. The minimum Gasteiger partial charge on any atom is -0.342 e. The Morgan fingerprint density at radius 2 is 1.86 bits per heavy atom. The molecule has 0 spiro atoms. The average molecular weight is 337 g/mol. The number of para-hydroxylation sites is 1. The Labute approximate surface area is 125 Å². The fourth-order valence-electron chi connectivity index (χ4n) is 2.80. The normalized spacial score (nSPS) is 27.4. The van der Waals surface area contributed by atoms with Gasteiger partial charge in [-0.3, -0.25) is 4.31 Å². The van der Waals surface area contributed by atoms with Crippen LogP contribution < -0.4 is 4.31 Å². The van der Waals surface area contributed by atoms with Crippen molar-refractivity contribution in [1.82, 2.24) is 0 Å². The quantitative estimate of drug-likeness (QED) is 0.790. The van der Waals surface area contributed by atoms with E-state index in [-0.39, 0.29) is 5.69 Å². The maximum absolute atomic E-state index is 12.9.